The van der Waals surface area contributed by atoms with Gasteiger partial charge in [-0.3, -0.25) is 19.2 Å². The van der Waals surface area contributed by atoms with Crippen LogP contribution in [0.3, 0.4) is 0 Å². The van der Waals surface area contributed by atoms with Gasteiger partial charge in [0.05, 0.1) is 29.1 Å². The van der Waals surface area contributed by atoms with E-state index >= 15 is 0 Å². The van der Waals surface area contributed by atoms with Crippen LogP contribution >= 0.6 is 0 Å². The number of allylic oxidation sites excluding steroid dienone is 1. The number of amides is 4. The van der Waals surface area contributed by atoms with Crippen molar-refractivity contribution in [3.8, 4) is 0 Å². The first-order valence-electron chi connectivity index (χ1n) is 13.3. The van der Waals surface area contributed by atoms with E-state index in [-0.39, 0.29) is 36.0 Å². The van der Waals surface area contributed by atoms with Crippen LogP contribution in [0.1, 0.15) is 19.8 Å². The van der Waals surface area contributed by atoms with Crippen molar-refractivity contribution in [1.29, 1.82) is 0 Å². The first kappa shape index (κ1) is 23.5. The highest BCUT2D eigenvalue weighted by Gasteiger charge is 2.54. The second kappa shape index (κ2) is 8.73. The molecule has 4 atom stereocenters. The number of benzene rings is 4. The van der Waals surface area contributed by atoms with Crippen LogP contribution in [0.5, 0.6) is 0 Å². The predicted molar refractivity (Wildman–Crippen MR) is 150 cm³/mol. The third-order valence-electron chi connectivity index (χ3n) is 8.63. The molecule has 7 rings (SSSR count). The Morgan fingerprint density at radius 2 is 1.15 bits per heavy atom. The van der Waals surface area contributed by atoms with Crippen molar-refractivity contribution in [3.05, 3.63) is 96.6 Å². The van der Waals surface area contributed by atoms with E-state index in [4.69, 9.17) is 0 Å². The molecule has 2 aliphatic heterocycles. The van der Waals surface area contributed by atoms with E-state index in [0.717, 1.165) is 27.1 Å². The molecule has 39 heavy (non-hydrogen) atoms. The first-order chi connectivity index (χ1) is 18.9. The number of nitrogens with zero attached hydrogens (tertiary/aromatic N) is 2. The summed E-state index contributed by atoms with van der Waals surface area (Å²) in [6, 6.07) is 26.6. The Labute approximate surface area is 225 Å². The molecule has 0 aromatic heterocycles. The lowest BCUT2D eigenvalue weighted by Gasteiger charge is -2.29. The lowest BCUT2D eigenvalue weighted by molar-refractivity contribution is -0.125. The fraction of sp³-hybridized carbons (Fsp3) is 0.212. The first-order valence-corrected chi connectivity index (χ1v) is 13.3. The zero-order valence-electron chi connectivity index (χ0n) is 21.4. The molecule has 0 radical (unpaired) electrons. The Kier molecular flexibility index (Phi) is 5.27. The quantitative estimate of drug-likeness (QED) is 0.262. The number of hydrogen-bond donors (Lipinski definition) is 0. The second-order valence-corrected chi connectivity index (χ2v) is 10.8. The molecule has 3 aliphatic rings. The lowest BCUT2D eigenvalue weighted by atomic mass is 9.71. The Balaban J connectivity index is 1.21. The van der Waals surface area contributed by atoms with Gasteiger partial charge in [0, 0.05) is 17.2 Å². The second-order valence-electron chi connectivity index (χ2n) is 10.8. The van der Waals surface area contributed by atoms with Gasteiger partial charge in [0.15, 0.2) is 0 Å². The highest BCUT2D eigenvalue weighted by atomic mass is 16.2. The summed E-state index contributed by atoms with van der Waals surface area (Å²) in [5, 5.41) is 3.61. The van der Waals surface area contributed by atoms with Gasteiger partial charge >= 0.3 is 0 Å². The van der Waals surface area contributed by atoms with E-state index in [1.165, 1.54) is 9.80 Å². The SMILES string of the molecule is CC1=C[C@H]([C@@H]2CC(=O)N(c3cccc4ccccc34)C2=O)C[C@H]2C(=O)N(c3cccc4ccccc34)C(=O)[C@@H]12. The molecule has 4 aromatic rings. The number of fused-ring (bicyclic) bond motifs is 3. The molecule has 6 heteroatoms. The molecule has 1 aliphatic carbocycles. The summed E-state index contributed by atoms with van der Waals surface area (Å²) < 4.78 is 0. The van der Waals surface area contributed by atoms with Gasteiger partial charge in [0.25, 0.3) is 0 Å². The molecular weight excluding hydrogens is 488 g/mol. The van der Waals surface area contributed by atoms with Crippen LogP contribution in [0.2, 0.25) is 0 Å². The number of rotatable bonds is 3. The van der Waals surface area contributed by atoms with E-state index in [1.54, 1.807) is 6.07 Å². The third kappa shape index (κ3) is 3.48. The normalized spacial score (nSPS) is 25.1. The number of hydrogen-bond acceptors (Lipinski definition) is 4. The minimum atomic E-state index is -0.568. The Morgan fingerprint density at radius 1 is 0.615 bits per heavy atom. The standard InChI is InChI=1S/C33H26N2O4/c1-19-16-22(25-18-29(36)34(31(25)37)27-14-6-10-20-8-2-4-12-23(20)27)17-26-30(19)33(39)35(32(26)38)28-15-7-11-21-9-3-5-13-24(21)28/h2-16,22,25-26,30H,17-18H2,1H3/t22-,25-,26+,30-/m0/s1. The van der Waals surface area contributed by atoms with Gasteiger partial charge in [-0.1, -0.05) is 84.4 Å². The van der Waals surface area contributed by atoms with Crippen molar-refractivity contribution < 1.29 is 19.2 Å². The molecule has 4 aromatic carbocycles. The van der Waals surface area contributed by atoms with Gasteiger partial charge in [-0.15, -0.1) is 0 Å². The Hall–Kier alpha value is -4.58. The third-order valence-corrected chi connectivity index (χ3v) is 8.63. The van der Waals surface area contributed by atoms with E-state index in [0.29, 0.717) is 17.8 Å². The zero-order chi connectivity index (χ0) is 26.8. The van der Waals surface area contributed by atoms with Crippen molar-refractivity contribution in [1.82, 2.24) is 0 Å². The minimum absolute atomic E-state index is 0.0864. The summed E-state index contributed by atoms with van der Waals surface area (Å²) in [7, 11) is 0. The molecule has 0 bridgehead atoms. The van der Waals surface area contributed by atoms with Gasteiger partial charge in [0.2, 0.25) is 23.6 Å². The van der Waals surface area contributed by atoms with Crippen molar-refractivity contribution in [2.45, 2.75) is 19.8 Å². The largest absolute Gasteiger partial charge is 0.274 e. The predicted octanol–water partition coefficient (Wildman–Crippen LogP) is 5.64. The van der Waals surface area contributed by atoms with Crippen LogP contribution in [0.25, 0.3) is 21.5 Å². The monoisotopic (exact) mass is 514 g/mol. The summed E-state index contributed by atoms with van der Waals surface area (Å²) in [6.07, 6.45) is 2.41. The van der Waals surface area contributed by atoms with E-state index < -0.39 is 17.8 Å². The van der Waals surface area contributed by atoms with Crippen molar-refractivity contribution in [2.75, 3.05) is 9.80 Å². The molecule has 6 nitrogen and oxygen atoms in total. The van der Waals surface area contributed by atoms with Crippen LogP contribution in [-0.2, 0) is 19.2 Å². The number of carbonyl (C=O) groups is 4. The van der Waals surface area contributed by atoms with E-state index in [2.05, 4.69) is 0 Å². The smallest absolute Gasteiger partial charge is 0.241 e. The molecule has 0 N–H and O–H groups in total. The maximum atomic E-state index is 13.8. The zero-order valence-corrected chi connectivity index (χ0v) is 21.4. The van der Waals surface area contributed by atoms with Crippen LogP contribution < -0.4 is 9.80 Å². The number of anilines is 2. The highest BCUT2D eigenvalue weighted by molar-refractivity contribution is 6.26. The molecule has 0 unspecified atom stereocenters. The van der Waals surface area contributed by atoms with Gasteiger partial charge in [-0.05, 0) is 42.2 Å². The molecular formula is C33H26N2O4. The molecule has 2 saturated heterocycles. The Bertz CT molecular complexity index is 1740. The summed E-state index contributed by atoms with van der Waals surface area (Å²) in [6.45, 7) is 1.87. The summed E-state index contributed by atoms with van der Waals surface area (Å²) in [4.78, 5) is 57.1. The van der Waals surface area contributed by atoms with Crippen molar-refractivity contribution in [3.63, 3.8) is 0 Å². The summed E-state index contributed by atoms with van der Waals surface area (Å²) >= 11 is 0. The van der Waals surface area contributed by atoms with Crippen LogP contribution in [0.15, 0.2) is 96.6 Å². The minimum Gasteiger partial charge on any atom is -0.274 e. The fourth-order valence-electron chi connectivity index (χ4n) is 6.85. The van der Waals surface area contributed by atoms with Gasteiger partial charge in [-0.25, -0.2) is 9.80 Å². The maximum Gasteiger partial charge on any atom is 0.241 e. The van der Waals surface area contributed by atoms with Crippen LogP contribution in [0.4, 0.5) is 11.4 Å². The highest BCUT2D eigenvalue weighted by Crippen LogP contribution is 2.47. The fourth-order valence-corrected chi connectivity index (χ4v) is 6.85. The molecule has 0 saturated carbocycles. The van der Waals surface area contributed by atoms with Crippen molar-refractivity contribution >= 4 is 56.5 Å². The lowest BCUT2D eigenvalue weighted by Crippen LogP contribution is -2.35. The Morgan fingerprint density at radius 3 is 1.79 bits per heavy atom. The summed E-state index contributed by atoms with van der Waals surface area (Å²) in [5.74, 6) is -2.91. The van der Waals surface area contributed by atoms with E-state index in [9.17, 15) is 19.2 Å². The molecule has 192 valence electrons. The van der Waals surface area contributed by atoms with Crippen molar-refractivity contribution in [2.24, 2.45) is 23.7 Å². The van der Waals surface area contributed by atoms with Crippen LogP contribution in [0, 0.1) is 23.7 Å². The van der Waals surface area contributed by atoms with Gasteiger partial charge in [0.1, 0.15) is 0 Å². The number of imide groups is 2. The average Bonchev–Trinajstić information content (AvgIpc) is 3.39. The molecule has 0 spiro atoms. The average molecular weight is 515 g/mol. The van der Waals surface area contributed by atoms with Crippen LogP contribution in [-0.4, -0.2) is 23.6 Å². The maximum absolute atomic E-state index is 13.8. The molecule has 2 heterocycles. The van der Waals surface area contributed by atoms with Gasteiger partial charge < -0.3 is 0 Å². The van der Waals surface area contributed by atoms with Gasteiger partial charge in [-0.2, -0.15) is 0 Å². The van der Waals surface area contributed by atoms with E-state index in [1.807, 2.05) is 91.9 Å². The summed E-state index contributed by atoms with van der Waals surface area (Å²) in [5.41, 5.74) is 1.98. The topological polar surface area (TPSA) is 74.8 Å². The number of carbonyl (C=O) groups excluding carboxylic acids is 4. The molecule has 2 fully saturated rings. The molecule has 4 amide bonds.